The Hall–Kier alpha value is -3.35. The number of hydrogen-bond donors (Lipinski definition) is 2. The molecule has 0 radical (unpaired) electrons. The van der Waals surface area contributed by atoms with Gasteiger partial charge in [0.15, 0.2) is 6.61 Å². The highest BCUT2D eigenvalue weighted by Crippen LogP contribution is 2.28. The molecule has 1 aliphatic rings. The van der Waals surface area contributed by atoms with Crippen molar-refractivity contribution in [1.29, 1.82) is 0 Å². The molecule has 2 aromatic rings. The monoisotopic (exact) mass is 368 g/mol. The first kappa shape index (κ1) is 18.4. The van der Waals surface area contributed by atoms with Gasteiger partial charge in [-0.1, -0.05) is 6.07 Å². The van der Waals surface area contributed by atoms with Crippen molar-refractivity contribution in [1.82, 2.24) is 0 Å². The molecule has 27 heavy (non-hydrogen) atoms. The maximum atomic E-state index is 12.2. The second-order valence-electron chi connectivity index (χ2n) is 6.01. The Kier molecular flexibility index (Phi) is 5.71. The van der Waals surface area contributed by atoms with Gasteiger partial charge in [0, 0.05) is 12.1 Å². The molecule has 0 aromatic heterocycles. The lowest BCUT2D eigenvalue weighted by Gasteiger charge is -2.18. The van der Waals surface area contributed by atoms with Crippen LogP contribution in [-0.4, -0.2) is 31.0 Å². The van der Waals surface area contributed by atoms with Gasteiger partial charge >= 0.3 is 5.97 Å². The Morgan fingerprint density at radius 2 is 1.96 bits per heavy atom. The fraction of sp³-hybridized carbons (Fsp3) is 0.250. The topological polar surface area (TPSA) is 93.7 Å². The number of benzene rings is 2. The Morgan fingerprint density at radius 1 is 1.19 bits per heavy atom. The van der Waals surface area contributed by atoms with Gasteiger partial charge < -0.3 is 20.1 Å². The Bertz CT molecular complexity index is 861. The highest BCUT2D eigenvalue weighted by atomic mass is 16.5. The number of carbonyl (C=O) groups is 3. The van der Waals surface area contributed by atoms with E-state index in [0.717, 1.165) is 5.56 Å². The molecule has 2 aromatic carbocycles. The van der Waals surface area contributed by atoms with Crippen molar-refractivity contribution in [2.75, 3.05) is 23.8 Å². The minimum Gasteiger partial charge on any atom is -0.482 e. The lowest BCUT2D eigenvalue weighted by atomic mass is 10.1. The van der Waals surface area contributed by atoms with E-state index in [4.69, 9.17) is 9.47 Å². The fourth-order valence-corrected chi connectivity index (χ4v) is 2.67. The third-order valence-corrected chi connectivity index (χ3v) is 4.00. The molecule has 7 heteroatoms. The zero-order valence-corrected chi connectivity index (χ0v) is 14.9. The molecule has 2 N–H and O–H groups in total. The van der Waals surface area contributed by atoms with Crippen LogP contribution in [0.1, 0.15) is 29.3 Å². The number of rotatable bonds is 6. The second kappa shape index (κ2) is 8.35. The van der Waals surface area contributed by atoms with E-state index in [-0.39, 0.29) is 30.8 Å². The summed E-state index contributed by atoms with van der Waals surface area (Å²) in [5.41, 5.74) is 2.60. The van der Waals surface area contributed by atoms with E-state index < -0.39 is 0 Å². The standard InChI is InChI=1S/C20H20N2O5/c1-2-26-20(25)14-5-7-15(8-6-14)21-18(23)10-4-13-3-9-17-16(11-13)22-19(24)12-27-17/h3,5-9,11H,2,4,10,12H2,1H3,(H,21,23)(H,22,24). The zero-order valence-electron chi connectivity index (χ0n) is 14.9. The Morgan fingerprint density at radius 3 is 2.70 bits per heavy atom. The van der Waals surface area contributed by atoms with Gasteiger partial charge in [-0.25, -0.2) is 4.79 Å². The summed E-state index contributed by atoms with van der Waals surface area (Å²) in [6, 6.07) is 12.0. The molecule has 0 aliphatic carbocycles. The number of carbonyl (C=O) groups excluding carboxylic acids is 3. The number of anilines is 2. The zero-order chi connectivity index (χ0) is 19.2. The molecule has 0 saturated carbocycles. The fourth-order valence-electron chi connectivity index (χ4n) is 2.67. The van der Waals surface area contributed by atoms with Crippen LogP contribution in [0.25, 0.3) is 0 Å². The number of fused-ring (bicyclic) bond motifs is 1. The molecule has 3 rings (SSSR count). The average molecular weight is 368 g/mol. The molecule has 0 atom stereocenters. The van der Waals surface area contributed by atoms with Crippen LogP contribution in [0, 0.1) is 0 Å². The van der Waals surface area contributed by atoms with Crippen LogP contribution in [0.4, 0.5) is 11.4 Å². The quantitative estimate of drug-likeness (QED) is 0.765. The summed E-state index contributed by atoms with van der Waals surface area (Å²) >= 11 is 0. The van der Waals surface area contributed by atoms with E-state index in [2.05, 4.69) is 10.6 Å². The molecule has 0 unspecified atom stereocenters. The summed E-state index contributed by atoms with van der Waals surface area (Å²) in [5, 5.41) is 5.54. The summed E-state index contributed by atoms with van der Waals surface area (Å²) in [4.78, 5) is 35.1. The van der Waals surface area contributed by atoms with Crippen molar-refractivity contribution in [2.45, 2.75) is 19.8 Å². The van der Waals surface area contributed by atoms with Crippen LogP contribution in [0.15, 0.2) is 42.5 Å². The summed E-state index contributed by atoms with van der Waals surface area (Å²) in [7, 11) is 0. The number of nitrogens with one attached hydrogen (secondary N) is 2. The summed E-state index contributed by atoms with van der Waals surface area (Å²) in [5.74, 6) is -0.0936. The van der Waals surface area contributed by atoms with Gasteiger partial charge in [-0.15, -0.1) is 0 Å². The predicted octanol–water partition coefficient (Wildman–Crippen LogP) is 2.77. The smallest absolute Gasteiger partial charge is 0.338 e. The first-order valence-corrected chi connectivity index (χ1v) is 8.68. The van der Waals surface area contributed by atoms with E-state index in [1.807, 2.05) is 12.1 Å². The molecule has 0 bridgehead atoms. The van der Waals surface area contributed by atoms with Crippen molar-refractivity contribution in [3.8, 4) is 5.75 Å². The molecule has 7 nitrogen and oxygen atoms in total. The van der Waals surface area contributed by atoms with E-state index in [0.29, 0.717) is 35.7 Å². The third-order valence-electron chi connectivity index (χ3n) is 4.00. The molecular formula is C20H20N2O5. The van der Waals surface area contributed by atoms with Crippen molar-refractivity contribution in [2.24, 2.45) is 0 Å². The third kappa shape index (κ3) is 4.84. The summed E-state index contributed by atoms with van der Waals surface area (Å²) in [6.07, 6.45) is 0.809. The molecule has 2 amide bonds. The minimum atomic E-state index is -0.390. The highest BCUT2D eigenvalue weighted by Gasteiger charge is 2.16. The molecule has 1 heterocycles. The first-order valence-electron chi connectivity index (χ1n) is 8.68. The van der Waals surface area contributed by atoms with Gasteiger partial charge in [-0.3, -0.25) is 9.59 Å². The van der Waals surface area contributed by atoms with Gasteiger partial charge in [-0.05, 0) is 55.3 Å². The number of hydrogen-bond acceptors (Lipinski definition) is 5. The van der Waals surface area contributed by atoms with Crippen LogP contribution in [0.2, 0.25) is 0 Å². The minimum absolute atomic E-state index is 0.0176. The van der Waals surface area contributed by atoms with E-state index in [1.165, 1.54) is 0 Å². The van der Waals surface area contributed by atoms with Gasteiger partial charge in [0.1, 0.15) is 5.75 Å². The number of aryl methyl sites for hydroxylation is 1. The highest BCUT2D eigenvalue weighted by molar-refractivity contribution is 5.95. The molecule has 140 valence electrons. The number of amides is 2. The van der Waals surface area contributed by atoms with Crippen molar-refractivity contribution in [3.05, 3.63) is 53.6 Å². The number of ether oxygens (including phenoxy) is 2. The van der Waals surface area contributed by atoms with E-state index in [1.54, 1.807) is 37.3 Å². The molecule has 0 spiro atoms. The van der Waals surface area contributed by atoms with Crippen LogP contribution < -0.4 is 15.4 Å². The van der Waals surface area contributed by atoms with Crippen molar-refractivity contribution in [3.63, 3.8) is 0 Å². The largest absolute Gasteiger partial charge is 0.482 e. The van der Waals surface area contributed by atoms with Gasteiger partial charge in [0.05, 0.1) is 17.9 Å². The maximum absolute atomic E-state index is 12.2. The van der Waals surface area contributed by atoms with Gasteiger partial charge in [-0.2, -0.15) is 0 Å². The van der Waals surface area contributed by atoms with E-state index in [9.17, 15) is 14.4 Å². The van der Waals surface area contributed by atoms with Crippen molar-refractivity contribution >= 4 is 29.2 Å². The molecule has 0 fully saturated rings. The Balaban J connectivity index is 1.53. The number of esters is 1. The first-order chi connectivity index (χ1) is 13.0. The lowest BCUT2D eigenvalue weighted by molar-refractivity contribution is -0.118. The van der Waals surface area contributed by atoms with Crippen LogP contribution in [0.5, 0.6) is 5.75 Å². The predicted molar refractivity (Wildman–Crippen MR) is 99.9 cm³/mol. The maximum Gasteiger partial charge on any atom is 0.338 e. The van der Waals surface area contributed by atoms with Crippen LogP contribution >= 0.6 is 0 Å². The van der Waals surface area contributed by atoms with Crippen molar-refractivity contribution < 1.29 is 23.9 Å². The van der Waals surface area contributed by atoms with Crippen LogP contribution in [-0.2, 0) is 20.7 Å². The molecular weight excluding hydrogens is 348 g/mol. The normalized spacial score (nSPS) is 12.4. The Labute approximate surface area is 156 Å². The SMILES string of the molecule is CCOC(=O)c1ccc(NC(=O)CCc2ccc3c(c2)NC(=O)CO3)cc1. The molecule has 1 aliphatic heterocycles. The average Bonchev–Trinajstić information content (AvgIpc) is 2.66. The molecule has 0 saturated heterocycles. The van der Waals surface area contributed by atoms with E-state index >= 15 is 0 Å². The van der Waals surface area contributed by atoms with Crippen LogP contribution in [0.3, 0.4) is 0 Å². The van der Waals surface area contributed by atoms with Gasteiger partial charge in [0.2, 0.25) is 5.91 Å². The summed E-state index contributed by atoms with van der Waals surface area (Å²) < 4.78 is 10.2. The summed E-state index contributed by atoms with van der Waals surface area (Å²) in [6.45, 7) is 2.08. The second-order valence-corrected chi connectivity index (χ2v) is 6.01. The lowest BCUT2D eigenvalue weighted by Crippen LogP contribution is -2.25. The van der Waals surface area contributed by atoms with Gasteiger partial charge in [0.25, 0.3) is 5.91 Å².